The number of nitrogens with zero attached hydrogens (tertiary/aromatic N) is 5. The first kappa shape index (κ1) is 15.4. The molecule has 0 bridgehead atoms. The lowest BCUT2D eigenvalue weighted by Crippen LogP contribution is -2.52. The third-order valence-corrected chi connectivity index (χ3v) is 3.31. The molecule has 1 aliphatic rings. The standard InChI is InChI=1S/C15H19N5O3/c1-15(2,3)22-14(21)20-8-10(9-20)7-11-18-13(19-23-11)12-16-5-4-6-17-12/h4-6,10H,7-9H2,1-3H3. The summed E-state index contributed by atoms with van der Waals surface area (Å²) < 4.78 is 10.5. The molecule has 1 fully saturated rings. The summed E-state index contributed by atoms with van der Waals surface area (Å²) in [6, 6.07) is 1.73. The van der Waals surface area contributed by atoms with Crippen LogP contribution in [0.2, 0.25) is 0 Å². The largest absolute Gasteiger partial charge is 0.444 e. The molecule has 2 aromatic heterocycles. The van der Waals surface area contributed by atoms with Gasteiger partial charge in [-0.1, -0.05) is 5.16 Å². The minimum atomic E-state index is -0.473. The molecule has 0 saturated carbocycles. The van der Waals surface area contributed by atoms with E-state index in [0.717, 1.165) is 0 Å². The third-order valence-electron chi connectivity index (χ3n) is 3.31. The monoisotopic (exact) mass is 317 g/mol. The molecule has 8 nitrogen and oxygen atoms in total. The molecule has 0 radical (unpaired) electrons. The maximum atomic E-state index is 11.9. The van der Waals surface area contributed by atoms with Crippen molar-refractivity contribution in [2.24, 2.45) is 5.92 Å². The molecule has 0 aliphatic carbocycles. The van der Waals surface area contributed by atoms with Gasteiger partial charge in [0.1, 0.15) is 5.60 Å². The fourth-order valence-electron chi connectivity index (χ4n) is 2.26. The van der Waals surface area contributed by atoms with Crippen molar-refractivity contribution in [1.29, 1.82) is 0 Å². The fourth-order valence-corrected chi connectivity index (χ4v) is 2.26. The number of hydrogen-bond acceptors (Lipinski definition) is 7. The number of likely N-dealkylation sites (tertiary alicyclic amines) is 1. The summed E-state index contributed by atoms with van der Waals surface area (Å²) in [6.45, 7) is 6.83. The zero-order valence-electron chi connectivity index (χ0n) is 13.4. The molecule has 23 heavy (non-hydrogen) atoms. The highest BCUT2D eigenvalue weighted by Crippen LogP contribution is 2.23. The first-order chi connectivity index (χ1) is 10.9. The zero-order valence-corrected chi connectivity index (χ0v) is 13.4. The SMILES string of the molecule is CC(C)(C)OC(=O)N1CC(Cc2nc(-c3ncccn3)no2)C1. The fraction of sp³-hybridized carbons (Fsp3) is 0.533. The van der Waals surface area contributed by atoms with E-state index in [4.69, 9.17) is 9.26 Å². The molecular formula is C15H19N5O3. The second-order valence-electron chi connectivity index (χ2n) is 6.54. The highest BCUT2D eigenvalue weighted by molar-refractivity contribution is 5.69. The van der Waals surface area contributed by atoms with Crippen LogP contribution in [-0.2, 0) is 11.2 Å². The van der Waals surface area contributed by atoms with Gasteiger partial charge >= 0.3 is 6.09 Å². The Morgan fingerprint density at radius 3 is 2.65 bits per heavy atom. The zero-order chi connectivity index (χ0) is 16.4. The van der Waals surface area contributed by atoms with Gasteiger partial charge in [-0.25, -0.2) is 14.8 Å². The van der Waals surface area contributed by atoms with E-state index >= 15 is 0 Å². The second-order valence-corrected chi connectivity index (χ2v) is 6.54. The van der Waals surface area contributed by atoms with Crippen molar-refractivity contribution in [3.05, 3.63) is 24.4 Å². The Labute approximate surface area is 133 Å². The number of aromatic nitrogens is 4. The Morgan fingerprint density at radius 2 is 2.00 bits per heavy atom. The normalized spacial score (nSPS) is 15.3. The molecule has 1 saturated heterocycles. The first-order valence-corrected chi connectivity index (χ1v) is 7.48. The molecule has 0 unspecified atom stereocenters. The van der Waals surface area contributed by atoms with Crippen molar-refractivity contribution in [1.82, 2.24) is 25.0 Å². The maximum Gasteiger partial charge on any atom is 0.410 e. The summed E-state index contributed by atoms with van der Waals surface area (Å²) in [4.78, 5) is 26.0. The first-order valence-electron chi connectivity index (χ1n) is 7.48. The minimum absolute atomic E-state index is 0.280. The van der Waals surface area contributed by atoms with E-state index in [-0.39, 0.29) is 6.09 Å². The lowest BCUT2D eigenvalue weighted by atomic mass is 9.97. The van der Waals surface area contributed by atoms with Crippen LogP contribution in [0.1, 0.15) is 26.7 Å². The van der Waals surface area contributed by atoms with Crippen LogP contribution in [0.4, 0.5) is 4.79 Å². The van der Waals surface area contributed by atoms with Crippen molar-refractivity contribution >= 4 is 6.09 Å². The molecular weight excluding hydrogens is 298 g/mol. The van der Waals surface area contributed by atoms with Crippen molar-refractivity contribution in [2.75, 3.05) is 13.1 Å². The lowest BCUT2D eigenvalue weighted by molar-refractivity contribution is -0.00186. The molecule has 3 rings (SSSR count). The number of rotatable bonds is 3. The van der Waals surface area contributed by atoms with E-state index in [2.05, 4.69) is 20.1 Å². The number of amides is 1. The van der Waals surface area contributed by atoms with Gasteiger partial charge in [-0.05, 0) is 26.8 Å². The topological polar surface area (TPSA) is 94.2 Å². The van der Waals surface area contributed by atoms with Crippen molar-refractivity contribution in [2.45, 2.75) is 32.8 Å². The van der Waals surface area contributed by atoms with Gasteiger partial charge in [0.05, 0.1) is 0 Å². The average molecular weight is 317 g/mol. The van der Waals surface area contributed by atoms with Gasteiger partial charge < -0.3 is 14.2 Å². The van der Waals surface area contributed by atoms with E-state index in [1.54, 1.807) is 23.4 Å². The molecule has 3 heterocycles. The van der Waals surface area contributed by atoms with Crippen LogP contribution in [0.15, 0.2) is 23.0 Å². The van der Waals surface area contributed by atoms with E-state index < -0.39 is 5.60 Å². The van der Waals surface area contributed by atoms with Gasteiger partial charge in [0.2, 0.25) is 17.5 Å². The summed E-state index contributed by atoms with van der Waals surface area (Å²) in [5.41, 5.74) is -0.473. The molecule has 122 valence electrons. The van der Waals surface area contributed by atoms with E-state index in [1.165, 1.54) is 0 Å². The summed E-state index contributed by atoms with van der Waals surface area (Å²) in [6.07, 6.45) is 3.60. The van der Waals surface area contributed by atoms with Crippen LogP contribution in [0.3, 0.4) is 0 Å². The summed E-state index contributed by atoms with van der Waals surface area (Å²) in [5, 5.41) is 3.88. The quantitative estimate of drug-likeness (QED) is 0.853. The predicted molar refractivity (Wildman–Crippen MR) is 80.3 cm³/mol. The second kappa shape index (κ2) is 5.94. The Hall–Kier alpha value is -2.51. The molecule has 8 heteroatoms. The Bertz CT molecular complexity index is 674. The molecule has 1 amide bonds. The third kappa shape index (κ3) is 3.82. The Balaban J connectivity index is 1.51. The molecule has 0 atom stereocenters. The number of carbonyl (C=O) groups excluding carboxylic acids is 1. The van der Waals surface area contributed by atoms with E-state index in [9.17, 15) is 4.79 Å². The summed E-state index contributed by atoms with van der Waals surface area (Å²) in [5.74, 6) is 1.64. The highest BCUT2D eigenvalue weighted by atomic mass is 16.6. The van der Waals surface area contributed by atoms with Gasteiger partial charge in [0.25, 0.3) is 0 Å². The molecule has 2 aromatic rings. The van der Waals surface area contributed by atoms with Crippen molar-refractivity contribution in [3.63, 3.8) is 0 Å². The van der Waals surface area contributed by atoms with Crippen LogP contribution >= 0.6 is 0 Å². The number of ether oxygens (including phenoxy) is 1. The van der Waals surface area contributed by atoms with Gasteiger partial charge in [-0.2, -0.15) is 4.98 Å². The molecule has 0 aromatic carbocycles. The summed E-state index contributed by atoms with van der Waals surface area (Å²) >= 11 is 0. The number of carbonyl (C=O) groups is 1. The highest BCUT2D eigenvalue weighted by Gasteiger charge is 2.34. The molecule has 0 N–H and O–H groups in total. The van der Waals surface area contributed by atoms with Gasteiger partial charge in [-0.3, -0.25) is 0 Å². The van der Waals surface area contributed by atoms with Crippen LogP contribution in [-0.4, -0.2) is 49.8 Å². The van der Waals surface area contributed by atoms with Crippen LogP contribution in [0, 0.1) is 5.92 Å². The van der Waals surface area contributed by atoms with Gasteiger partial charge in [0.15, 0.2) is 0 Å². The van der Waals surface area contributed by atoms with E-state index in [1.807, 2.05) is 20.8 Å². The van der Waals surface area contributed by atoms with Gasteiger partial charge in [0, 0.05) is 37.8 Å². The predicted octanol–water partition coefficient (Wildman–Crippen LogP) is 1.94. The minimum Gasteiger partial charge on any atom is -0.444 e. The smallest absolute Gasteiger partial charge is 0.410 e. The van der Waals surface area contributed by atoms with E-state index in [0.29, 0.717) is 43.0 Å². The van der Waals surface area contributed by atoms with Crippen LogP contribution in [0.25, 0.3) is 11.6 Å². The Kier molecular flexibility index (Phi) is 3.97. The van der Waals surface area contributed by atoms with Crippen LogP contribution < -0.4 is 0 Å². The lowest BCUT2D eigenvalue weighted by Gasteiger charge is -2.39. The molecule has 0 spiro atoms. The molecule has 1 aliphatic heterocycles. The number of hydrogen-bond donors (Lipinski definition) is 0. The summed E-state index contributed by atoms with van der Waals surface area (Å²) in [7, 11) is 0. The van der Waals surface area contributed by atoms with Gasteiger partial charge in [-0.15, -0.1) is 0 Å². The Morgan fingerprint density at radius 1 is 1.30 bits per heavy atom. The van der Waals surface area contributed by atoms with Crippen molar-refractivity contribution in [3.8, 4) is 11.6 Å². The van der Waals surface area contributed by atoms with Crippen LogP contribution in [0.5, 0.6) is 0 Å². The maximum absolute atomic E-state index is 11.9. The average Bonchev–Trinajstić information content (AvgIpc) is 2.90. The van der Waals surface area contributed by atoms with Crippen molar-refractivity contribution < 1.29 is 14.1 Å².